The van der Waals surface area contributed by atoms with E-state index < -0.39 is 32.8 Å². The predicted octanol–water partition coefficient (Wildman–Crippen LogP) is 2.43. The molecule has 1 aliphatic carbocycles. The van der Waals surface area contributed by atoms with Crippen molar-refractivity contribution in [2.75, 3.05) is 7.11 Å². The first kappa shape index (κ1) is 15.8. The van der Waals surface area contributed by atoms with Gasteiger partial charge in [-0.05, 0) is 43.0 Å². The number of sulfone groups is 1. The Morgan fingerprint density at radius 2 is 1.76 bits per heavy atom. The Morgan fingerprint density at radius 1 is 1.24 bits per heavy atom. The Hall–Kier alpha value is -1.57. The van der Waals surface area contributed by atoms with Gasteiger partial charge in [0.2, 0.25) is 0 Å². The molecule has 0 radical (unpaired) electrons. The average Bonchev–Trinajstić information content (AvgIpc) is 3.22. The number of esters is 1. The summed E-state index contributed by atoms with van der Waals surface area (Å²) in [5, 5.41) is -1.35. The molecule has 1 saturated carbocycles. The summed E-state index contributed by atoms with van der Waals surface area (Å²) in [6.45, 7) is 0. The van der Waals surface area contributed by atoms with E-state index in [9.17, 15) is 26.4 Å². The van der Waals surface area contributed by atoms with Gasteiger partial charge in [-0.3, -0.25) is 4.79 Å². The van der Waals surface area contributed by atoms with Crippen molar-refractivity contribution in [3.05, 3.63) is 29.8 Å². The van der Waals surface area contributed by atoms with E-state index in [1.54, 1.807) is 0 Å². The zero-order valence-corrected chi connectivity index (χ0v) is 11.9. The van der Waals surface area contributed by atoms with Crippen molar-refractivity contribution in [3.63, 3.8) is 0 Å². The molecule has 0 saturated heterocycles. The highest BCUT2D eigenvalue weighted by Crippen LogP contribution is 2.39. The molecular weight excluding hydrogens is 309 g/mol. The van der Waals surface area contributed by atoms with Crippen LogP contribution in [0, 0.1) is 5.92 Å². The molecule has 1 atom stereocenters. The van der Waals surface area contributed by atoms with Gasteiger partial charge in [0.05, 0.1) is 17.6 Å². The lowest BCUT2D eigenvalue weighted by Crippen LogP contribution is -2.33. The molecule has 0 amide bonds. The van der Waals surface area contributed by atoms with Crippen molar-refractivity contribution >= 4 is 15.8 Å². The second-order valence-corrected chi connectivity index (χ2v) is 6.92. The molecule has 116 valence electrons. The maximum Gasteiger partial charge on any atom is 0.416 e. The van der Waals surface area contributed by atoms with Crippen molar-refractivity contribution in [2.24, 2.45) is 5.92 Å². The van der Waals surface area contributed by atoms with Crippen LogP contribution in [0.5, 0.6) is 0 Å². The number of hydrogen-bond acceptors (Lipinski definition) is 4. The van der Waals surface area contributed by atoms with Crippen LogP contribution >= 0.6 is 0 Å². The maximum absolute atomic E-state index is 12.5. The smallest absolute Gasteiger partial charge is 0.416 e. The molecular formula is C13H13F3O4S. The number of halogens is 3. The second-order valence-electron chi connectivity index (χ2n) is 4.85. The van der Waals surface area contributed by atoms with Gasteiger partial charge >= 0.3 is 12.1 Å². The highest BCUT2D eigenvalue weighted by molar-refractivity contribution is 7.92. The van der Waals surface area contributed by atoms with Gasteiger partial charge in [-0.15, -0.1) is 0 Å². The summed E-state index contributed by atoms with van der Waals surface area (Å²) in [4.78, 5) is 11.4. The molecule has 4 nitrogen and oxygen atoms in total. The molecule has 1 unspecified atom stereocenters. The van der Waals surface area contributed by atoms with Crippen LogP contribution in [-0.2, 0) is 25.5 Å². The number of carbonyl (C=O) groups is 1. The third kappa shape index (κ3) is 3.20. The number of carbonyl (C=O) groups excluding carboxylic acids is 1. The second kappa shape index (κ2) is 5.32. The van der Waals surface area contributed by atoms with Crippen LogP contribution < -0.4 is 0 Å². The van der Waals surface area contributed by atoms with Crippen LogP contribution in [0.3, 0.4) is 0 Å². The molecule has 1 aromatic carbocycles. The third-order valence-corrected chi connectivity index (χ3v) is 5.50. The van der Waals surface area contributed by atoms with Crippen molar-refractivity contribution < 1.29 is 31.1 Å². The molecule has 1 aromatic rings. The highest BCUT2D eigenvalue weighted by Gasteiger charge is 2.46. The SMILES string of the molecule is COC(=O)C(C1CC1)S(=O)(=O)c1ccc(C(F)(F)F)cc1. The van der Waals surface area contributed by atoms with Gasteiger partial charge in [0.25, 0.3) is 0 Å². The molecule has 0 aromatic heterocycles. The van der Waals surface area contributed by atoms with E-state index in [1.807, 2.05) is 0 Å². The topological polar surface area (TPSA) is 60.4 Å². The number of rotatable bonds is 4. The van der Waals surface area contributed by atoms with Gasteiger partial charge in [0, 0.05) is 0 Å². The van der Waals surface area contributed by atoms with E-state index in [0.717, 1.165) is 19.2 Å². The molecule has 1 aliphatic rings. The summed E-state index contributed by atoms with van der Waals surface area (Å²) in [6.07, 6.45) is -3.38. The number of alkyl halides is 3. The first-order chi connectivity index (χ1) is 9.67. The molecule has 2 rings (SSSR count). The standard InChI is InChI=1S/C13H13F3O4S/c1-20-12(17)11(8-2-3-8)21(18,19)10-6-4-9(5-7-10)13(14,15)16/h4-8,11H,2-3H2,1H3. The summed E-state index contributed by atoms with van der Waals surface area (Å²) in [6, 6.07) is 3.12. The fourth-order valence-corrected chi connectivity index (χ4v) is 4.00. The molecule has 0 aliphatic heterocycles. The van der Waals surface area contributed by atoms with Gasteiger partial charge in [0.1, 0.15) is 0 Å². The minimum atomic E-state index is -4.54. The quantitative estimate of drug-likeness (QED) is 0.799. The first-order valence-electron chi connectivity index (χ1n) is 6.17. The summed E-state index contributed by atoms with van der Waals surface area (Å²) in [5.41, 5.74) is -0.942. The first-order valence-corrected chi connectivity index (χ1v) is 7.71. The van der Waals surface area contributed by atoms with Crippen LogP contribution in [0.2, 0.25) is 0 Å². The Morgan fingerprint density at radius 3 is 2.14 bits per heavy atom. The van der Waals surface area contributed by atoms with Gasteiger partial charge in [-0.1, -0.05) is 0 Å². The van der Waals surface area contributed by atoms with Crippen LogP contribution in [0.25, 0.3) is 0 Å². The highest BCUT2D eigenvalue weighted by atomic mass is 32.2. The third-order valence-electron chi connectivity index (χ3n) is 3.33. The number of hydrogen-bond donors (Lipinski definition) is 0. The van der Waals surface area contributed by atoms with Crippen molar-refractivity contribution in [1.82, 2.24) is 0 Å². The van der Waals surface area contributed by atoms with Gasteiger partial charge in [0.15, 0.2) is 15.1 Å². The van der Waals surface area contributed by atoms with Crippen molar-refractivity contribution in [1.29, 1.82) is 0 Å². The fraction of sp³-hybridized carbons (Fsp3) is 0.462. The predicted molar refractivity (Wildman–Crippen MR) is 67.2 cm³/mol. The summed E-state index contributed by atoms with van der Waals surface area (Å²) >= 11 is 0. The van der Waals surface area contributed by atoms with Crippen LogP contribution in [0.15, 0.2) is 29.2 Å². The normalized spacial score (nSPS) is 17.3. The Balaban J connectivity index is 2.36. The van der Waals surface area contributed by atoms with E-state index in [2.05, 4.69) is 4.74 Å². The van der Waals surface area contributed by atoms with E-state index in [-0.39, 0.29) is 10.8 Å². The lowest BCUT2D eigenvalue weighted by molar-refractivity contribution is -0.140. The Kier molecular flexibility index (Phi) is 4.01. The van der Waals surface area contributed by atoms with E-state index >= 15 is 0 Å². The minimum absolute atomic E-state index is 0.308. The van der Waals surface area contributed by atoms with Gasteiger partial charge < -0.3 is 4.74 Å². The zero-order valence-electron chi connectivity index (χ0n) is 11.1. The molecule has 0 heterocycles. The van der Waals surface area contributed by atoms with Crippen LogP contribution in [-0.4, -0.2) is 26.7 Å². The van der Waals surface area contributed by atoms with Gasteiger partial charge in [-0.25, -0.2) is 8.42 Å². The van der Waals surface area contributed by atoms with Crippen LogP contribution in [0.4, 0.5) is 13.2 Å². The largest absolute Gasteiger partial charge is 0.468 e. The number of ether oxygens (including phenoxy) is 1. The zero-order chi connectivity index (χ0) is 15.8. The molecule has 0 spiro atoms. The number of benzene rings is 1. The lowest BCUT2D eigenvalue weighted by atomic mass is 10.2. The average molecular weight is 322 g/mol. The van der Waals surface area contributed by atoms with Crippen molar-refractivity contribution in [2.45, 2.75) is 29.2 Å². The Labute approximate surface area is 119 Å². The molecule has 0 N–H and O–H groups in total. The maximum atomic E-state index is 12.5. The van der Waals surface area contributed by atoms with Crippen molar-refractivity contribution in [3.8, 4) is 0 Å². The monoisotopic (exact) mass is 322 g/mol. The Bertz CT molecular complexity index is 630. The molecule has 0 bridgehead atoms. The van der Waals surface area contributed by atoms with Crippen LogP contribution in [0.1, 0.15) is 18.4 Å². The molecule has 8 heteroatoms. The minimum Gasteiger partial charge on any atom is -0.468 e. The summed E-state index contributed by atoms with van der Waals surface area (Å²) in [7, 11) is -2.97. The van der Waals surface area contributed by atoms with E-state index in [4.69, 9.17) is 0 Å². The van der Waals surface area contributed by atoms with Gasteiger partial charge in [-0.2, -0.15) is 13.2 Å². The summed E-state index contributed by atoms with van der Waals surface area (Å²) in [5.74, 6) is -1.21. The number of methoxy groups -OCH3 is 1. The van der Waals surface area contributed by atoms with E-state index in [1.165, 1.54) is 0 Å². The summed E-state index contributed by atoms with van der Waals surface area (Å²) < 4.78 is 66.7. The van der Waals surface area contributed by atoms with E-state index in [0.29, 0.717) is 25.0 Å². The fourth-order valence-electron chi connectivity index (χ4n) is 2.07. The molecule has 1 fully saturated rings. The molecule has 21 heavy (non-hydrogen) atoms. The lowest BCUT2D eigenvalue weighted by Gasteiger charge is -2.15.